The number of rotatable bonds is 1. The molecule has 0 aromatic rings. The van der Waals surface area contributed by atoms with Crippen LogP contribution in [0.5, 0.6) is 0 Å². The number of hydrogen-bond donors (Lipinski definition) is 1. The molecule has 4 nitrogen and oxygen atoms in total. The van der Waals surface area contributed by atoms with Crippen LogP contribution in [0, 0.1) is 0 Å². The predicted octanol–water partition coefficient (Wildman–Crippen LogP) is -0.299. The smallest absolute Gasteiger partial charge is 0.251 e. The van der Waals surface area contributed by atoms with E-state index < -0.39 is 15.5 Å². The van der Waals surface area contributed by atoms with Gasteiger partial charge in [-0.25, -0.2) is 13.6 Å². The van der Waals surface area contributed by atoms with E-state index >= 15 is 0 Å². The molecule has 10 heavy (non-hydrogen) atoms. The van der Waals surface area contributed by atoms with E-state index in [0.717, 1.165) is 0 Å². The van der Waals surface area contributed by atoms with Gasteiger partial charge in [-0.2, -0.15) is 0 Å². The van der Waals surface area contributed by atoms with Crippen molar-refractivity contribution in [3.05, 3.63) is 24.5 Å². The summed E-state index contributed by atoms with van der Waals surface area (Å²) >= 11 is 0. The monoisotopic (exact) mass is 161 g/mol. The molecule has 0 amide bonds. The van der Waals surface area contributed by atoms with E-state index in [2.05, 4.69) is 4.74 Å². The molecule has 0 aromatic heterocycles. The van der Waals surface area contributed by atoms with Crippen LogP contribution in [0.2, 0.25) is 0 Å². The van der Waals surface area contributed by atoms with Crippen molar-refractivity contribution in [2.45, 2.75) is 5.44 Å². The van der Waals surface area contributed by atoms with Gasteiger partial charge in [-0.1, -0.05) is 6.08 Å². The second kappa shape index (κ2) is 2.43. The van der Waals surface area contributed by atoms with Crippen LogP contribution in [-0.2, 0) is 14.8 Å². The Morgan fingerprint density at radius 2 is 2.10 bits per heavy atom. The van der Waals surface area contributed by atoms with E-state index in [4.69, 9.17) is 5.14 Å². The zero-order valence-electron chi connectivity index (χ0n) is 5.10. The highest BCUT2D eigenvalue weighted by Crippen LogP contribution is 2.05. The van der Waals surface area contributed by atoms with Gasteiger partial charge in [0, 0.05) is 0 Å². The summed E-state index contributed by atoms with van der Waals surface area (Å²) in [5, 5.41) is 4.77. The highest BCUT2D eigenvalue weighted by atomic mass is 32.2. The van der Waals surface area contributed by atoms with Crippen molar-refractivity contribution < 1.29 is 13.2 Å². The van der Waals surface area contributed by atoms with Gasteiger partial charge in [-0.05, 0) is 12.2 Å². The number of hydrogen-bond acceptors (Lipinski definition) is 3. The molecule has 0 saturated heterocycles. The van der Waals surface area contributed by atoms with E-state index in [9.17, 15) is 8.42 Å². The molecule has 1 aliphatic heterocycles. The van der Waals surface area contributed by atoms with Gasteiger partial charge in [0.05, 0.1) is 6.26 Å². The van der Waals surface area contributed by atoms with Gasteiger partial charge in [0.15, 0.2) is 0 Å². The molecule has 0 aliphatic carbocycles. The molecular formula is C5H7NO3S. The van der Waals surface area contributed by atoms with Crippen molar-refractivity contribution in [1.29, 1.82) is 0 Å². The Morgan fingerprint density at radius 3 is 2.40 bits per heavy atom. The van der Waals surface area contributed by atoms with Crippen molar-refractivity contribution in [3.8, 4) is 0 Å². The minimum absolute atomic E-state index is 1.02. The van der Waals surface area contributed by atoms with Crippen LogP contribution in [0.3, 0.4) is 0 Å². The Kier molecular flexibility index (Phi) is 1.78. The fourth-order valence-corrected chi connectivity index (χ4v) is 1.08. The maximum absolute atomic E-state index is 10.6. The second-order valence-corrected chi connectivity index (χ2v) is 3.45. The first-order valence-electron chi connectivity index (χ1n) is 2.61. The lowest BCUT2D eigenvalue weighted by atomic mass is 10.4. The average molecular weight is 161 g/mol. The minimum Gasteiger partial charge on any atom is -0.477 e. The van der Waals surface area contributed by atoms with E-state index in [-0.39, 0.29) is 0 Å². The average Bonchev–Trinajstić information content (AvgIpc) is 1.88. The molecule has 0 saturated carbocycles. The van der Waals surface area contributed by atoms with E-state index in [0.29, 0.717) is 0 Å². The summed E-state index contributed by atoms with van der Waals surface area (Å²) in [6, 6.07) is 0. The summed E-state index contributed by atoms with van der Waals surface area (Å²) in [6.07, 6.45) is 5.81. The molecular weight excluding hydrogens is 154 g/mol. The topological polar surface area (TPSA) is 69.4 Å². The molecule has 0 aromatic carbocycles. The Hall–Kier alpha value is -0.810. The van der Waals surface area contributed by atoms with Crippen LogP contribution < -0.4 is 5.14 Å². The SMILES string of the molecule is NS(=O)(=O)C1C=CC=CO1. The number of nitrogens with two attached hydrogens (primary N) is 1. The summed E-state index contributed by atoms with van der Waals surface area (Å²) in [5.41, 5.74) is -1.02. The van der Waals surface area contributed by atoms with Crippen molar-refractivity contribution >= 4 is 10.0 Å². The lowest BCUT2D eigenvalue weighted by Gasteiger charge is -2.11. The third-order valence-electron chi connectivity index (χ3n) is 0.994. The van der Waals surface area contributed by atoms with Crippen molar-refractivity contribution in [2.75, 3.05) is 0 Å². The van der Waals surface area contributed by atoms with E-state index in [1.807, 2.05) is 0 Å². The molecule has 0 spiro atoms. The van der Waals surface area contributed by atoms with Crippen LogP contribution in [0.15, 0.2) is 24.5 Å². The fraction of sp³-hybridized carbons (Fsp3) is 0.200. The first-order chi connectivity index (χ1) is 4.61. The fourth-order valence-electron chi connectivity index (χ4n) is 0.555. The number of sulfonamides is 1. The summed E-state index contributed by atoms with van der Waals surface area (Å²) in [4.78, 5) is 0. The van der Waals surface area contributed by atoms with Crippen LogP contribution >= 0.6 is 0 Å². The standard InChI is InChI=1S/C5H7NO3S/c6-10(7,8)5-3-1-2-4-9-5/h1-5H,(H2,6,7,8). The maximum atomic E-state index is 10.6. The normalized spacial score (nSPS) is 24.3. The van der Waals surface area contributed by atoms with Crippen LogP contribution in [0.1, 0.15) is 0 Å². The van der Waals surface area contributed by atoms with Crippen LogP contribution in [-0.4, -0.2) is 13.9 Å². The third kappa shape index (κ3) is 1.58. The Balaban J connectivity index is 2.79. The molecule has 0 bridgehead atoms. The van der Waals surface area contributed by atoms with Crippen molar-refractivity contribution in [3.63, 3.8) is 0 Å². The van der Waals surface area contributed by atoms with Crippen molar-refractivity contribution in [1.82, 2.24) is 0 Å². The lowest BCUT2D eigenvalue weighted by molar-refractivity contribution is 0.245. The zero-order chi connectivity index (χ0) is 7.61. The van der Waals surface area contributed by atoms with Gasteiger partial charge < -0.3 is 4.74 Å². The molecule has 1 aliphatic rings. The first kappa shape index (κ1) is 7.30. The lowest BCUT2D eigenvalue weighted by Crippen LogP contribution is -2.28. The highest BCUT2D eigenvalue weighted by Gasteiger charge is 2.18. The molecule has 1 rings (SSSR count). The molecule has 1 atom stereocenters. The molecule has 1 unspecified atom stereocenters. The molecule has 1 heterocycles. The van der Waals surface area contributed by atoms with E-state index in [1.165, 1.54) is 12.3 Å². The Morgan fingerprint density at radius 1 is 1.40 bits per heavy atom. The Bertz CT molecular complexity index is 265. The first-order valence-corrected chi connectivity index (χ1v) is 4.22. The van der Waals surface area contributed by atoms with Gasteiger partial charge in [0.2, 0.25) is 5.44 Å². The Labute approximate surface area is 59.0 Å². The maximum Gasteiger partial charge on any atom is 0.251 e. The molecule has 0 radical (unpaired) electrons. The van der Waals surface area contributed by atoms with Gasteiger partial charge >= 0.3 is 0 Å². The number of ether oxygens (including phenoxy) is 1. The van der Waals surface area contributed by atoms with E-state index in [1.54, 1.807) is 12.2 Å². The number of allylic oxidation sites excluding steroid dienone is 2. The highest BCUT2D eigenvalue weighted by molar-refractivity contribution is 7.89. The van der Waals surface area contributed by atoms with Gasteiger partial charge in [-0.15, -0.1) is 0 Å². The third-order valence-corrected chi connectivity index (χ3v) is 1.91. The van der Waals surface area contributed by atoms with Crippen LogP contribution in [0.25, 0.3) is 0 Å². The van der Waals surface area contributed by atoms with Crippen molar-refractivity contribution in [2.24, 2.45) is 5.14 Å². The predicted molar refractivity (Wildman–Crippen MR) is 36.3 cm³/mol. The number of primary sulfonamides is 1. The molecule has 2 N–H and O–H groups in total. The van der Waals surface area contributed by atoms with Gasteiger partial charge in [-0.3, -0.25) is 0 Å². The molecule has 5 heteroatoms. The quantitative estimate of drug-likeness (QED) is 0.574. The largest absolute Gasteiger partial charge is 0.477 e. The summed E-state index contributed by atoms with van der Waals surface area (Å²) in [7, 11) is -3.59. The molecule has 56 valence electrons. The summed E-state index contributed by atoms with van der Waals surface area (Å²) in [5.74, 6) is 0. The summed E-state index contributed by atoms with van der Waals surface area (Å²) < 4.78 is 25.8. The zero-order valence-corrected chi connectivity index (χ0v) is 5.91. The summed E-state index contributed by atoms with van der Waals surface area (Å²) in [6.45, 7) is 0. The van der Waals surface area contributed by atoms with Crippen LogP contribution in [0.4, 0.5) is 0 Å². The minimum atomic E-state index is -3.59. The van der Waals surface area contributed by atoms with Gasteiger partial charge in [0.25, 0.3) is 10.0 Å². The van der Waals surface area contributed by atoms with Gasteiger partial charge in [0.1, 0.15) is 0 Å². The second-order valence-electron chi connectivity index (χ2n) is 1.81. The molecule has 0 fully saturated rings.